The Hall–Kier alpha value is -2.62. The number of aliphatic hydroxyl groups is 1. The van der Waals surface area contributed by atoms with Crippen LogP contribution in [0.25, 0.3) is 0 Å². The van der Waals surface area contributed by atoms with Crippen LogP contribution >= 0.6 is 0 Å². The number of nitrogens with two attached hydrogens (primary N) is 1. The Morgan fingerprint density at radius 1 is 1.28 bits per heavy atom. The van der Waals surface area contributed by atoms with E-state index in [1.165, 1.54) is 0 Å². The Labute approximate surface area is 147 Å². The fourth-order valence-electron chi connectivity index (χ4n) is 3.39. The summed E-state index contributed by atoms with van der Waals surface area (Å²) in [6.07, 6.45) is 3.13. The molecular formula is C19H22N4O2. The highest BCUT2D eigenvalue weighted by Crippen LogP contribution is 2.23. The first kappa shape index (κ1) is 17.2. The van der Waals surface area contributed by atoms with Gasteiger partial charge in [-0.05, 0) is 43.1 Å². The minimum Gasteiger partial charge on any atom is -0.379 e. The molecule has 2 aromatic rings. The van der Waals surface area contributed by atoms with Gasteiger partial charge in [-0.1, -0.05) is 18.2 Å². The van der Waals surface area contributed by atoms with Gasteiger partial charge in [0.2, 0.25) is 0 Å². The van der Waals surface area contributed by atoms with E-state index >= 15 is 0 Å². The number of nitrogens with zero attached hydrogens (tertiary/aromatic N) is 3. The predicted octanol–water partition coefficient (Wildman–Crippen LogP) is 1.22. The molecule has 0 saturated carbocycles. The highest BCUT2D eigenvalue weighted by Gasteiger charge is 2.38. The number of nitriles is 1. The smallest absolute Gasteiger partial charge is 0.250 e. The number of amides is 1. The number of benzene rings is 1. The second-order valence-corrected chi connectivity index (χ2v) is 6.61. The topological polar surface area (TPSA) is 95.3 Å². The van der Waals surface area contributed by atoms with Crippen molar-refractivity contribution in [2.24, 2.45) is 5.73 Å². The number of hydrogen-bond acceptors (Lipinski definition) is 4. The number of piperidine rings is 1. The fourth-order valence-corrected chi connectivity index (χ4v) is 3.39. The average molecular weight is 338 g/mol. The first-order valence-corrected chi connectivity index (χ1v) is 8.38. The van der Waals surface area contributed by atoms with Gasteiger partial charge in [0.1, 0.15) is 0 Å². The van der Waals surface area contributed by atoms with Gasteiger partial charge in [-0.2, -0.15) is 5.26 Å². The van der Waals surface area contributed by atoms with Gasteiger partial charge in [0.15, 0.2) is 5.60 Å². The van der Waals surface area contributed by atoms with Crippen molar-refractivity contribution in [3.8, 4) is 6.07 Å². The molecule has 0 bridgehead atoms. The van der Waals surface area contributed by atoms with E-state index in [0.29, 0.717) is 25.1 Å². The maximum Gasteiger partial charge on any atom is 0.250 e. The number of carbonyl (C=O) groups is 1. The van der Waals surface area contributed by atoms with Gasteiger partial charge >= 0.3 is 0 Å². The number of carbonyl (C=O) groups excluding carboxylic acids is 1. The zero-order chi connectivity index (χ0) is 17.9. The Bertz CT molecular complexity index is 808. The summed E-state index contributed by atoms with van der Waals surface area (Å²) >= 11 is 0. The standard InChI is InChI=1S/C19H22N4O2/c20-11-15-5-1-2-6-16(15)12-23-10-3-7-17(23)13-22-9-4-8-19(25,14-22)18(21)24/h1-3,5-7,10,25H,4,8-9,12-14H2,(H2,21,24). The van der Waals surface area contributed by atoms with E-state index in [9.17, 15) is 15.2 Å². The molecule has 1 fully saturated rings. The number of β-amino-alcohol motifs (C(OH)–C–C–N with tert-alkyl or cyclic N) is 1. The van der Waals surface area contributed by atoms with E-state index < -0.39 is 11.5 Å². The number of primary amides is 1. The van der Waals surface area contributed by atoms with Gasteiger partial charge in [-0.3, -0.25) is 9.69 Å². The lowest BCUT2D eigenvalue weighted by molar-refractivity contribution is -0.142. The highest BCUT2D eigenvalue weighted by molar-refractivity contribution is 5.83. The van der Waals surface area contributed by atoms with Gasteiger partial charge in [0.05, 0.1) is 11.6 Å². The van der Waals surface area contributed by atoms with Crippen LogP contribution in [0.4, 0.5) is 0 Å². The maximum atomic E-state index is 11.5. The molecule has 25 heavy (non-hydrogen) atoms. The molecule has 1 unspecified atom stereocenters. The summed E-state index contributed by atoms with van der Waals surface area (Å²) in [6.45, 7) is 2.30. The van der Waals surface area contributed by atoms with Gasteiger partial charge < -0.3 is 15.4 Å². The van der Waals surface area contributed by atoms with Crippen LogP contribution in [0.1, 0.15) is 29.7 Å². The van der Waals surface area contributed by atoms with Gasteiger partial charge in [-0.15, -0.1) is 0 Å². The van der Waals surface area contributed by atoms with Crippen LogP contribution in [-0.2, 0) is 17.9 Å². The van der Waals surface area contributed by atoms with E-state index in [2.05, 4.69) is 15.5 Å². The van der Waals surface area contributed by atoms with E-state index in [1.807, 2.05) is 42.6 Å². The molecule has 1 aromatic carbocycles. The van der Waals surface area contributed by atoms with Gasteiger partial charge in [-0.25, -0.2) is 0 Å². The molecular weight excluding hydrogens is 316 g/mol. The molecule has 3 rings (SSSR count). The monoisotopic (exact) mass is 338 g/mol. The largest absolute Gasteiger partial charge is 0.379 e. The van der Waals surface area contributed by atoms with E-state index in [1.54, 1.807) is 0 Å². The SMILES string of the molecule is N#Cc1ccccc1Cn1cccc1CN1CCCC(O)(C(N)=O)C1. The second kappa shape index (κ2) is 7.09. The van der Waals surface area contributed by atoms with Crippen LogP contribution in [0.15, 0.2) is 42.6 Å². The van der Waals surface area contributed by atoms with Crippen molar-refractivity contribution in [2.45, 2.75) is 31.5 Å². The summed E-state index contributed by atoms with van der Waals surface area (Å²) in [7, 11) is 0. The molecule has 1 aliphatic rings. The van der Waals surface area contributed by atoms with Crippen molar-refractivity contribution in [2.75, 3.05) is 13.1 Å². The number of rotatable bonds is 5. The summed E-state index contributed by atoms with van der Waals surface area (Å²) in [4.78, 5) is 13.6. The lowest BCUT2D eigenvalue weighted by Gasteiger charge is -2.37. The Balaban J connectivity index is 1.74. The molecule has 0 radical (unpaired) electrons. The van der Waals surface area contributed by atoms with Crippen molar-refractivity contribution in [3.63, 3.8) is 0 Å². The lowest BCUT2D eigenvalue weighted by atomic mass is 9.92. The van der Waals surface area contributed by atoms with Crippen molar-refractivity contribution in [3.05, 3.63) is 59.4 Å². The quantitative estimate of drug-likeness (QED) is 0.857. The Morgan fingerprint density at radius 2 is 2.08 bits per heavy atom. The van der Waals surface area contributed by atoms with Gasteiger partial charge in [0, 0.05) is 31.5 Å². The Kier molecular flexibility index (Phi) is 4.88. The molecule has 6 heteroatoms. The normalized spacial score (nSPS) is 21.0. The van der Waals surface area contributed by atoms with E-state index in [-0.39, 0.29) is 6.54 Å². The van der Waals surface area contributed by atoms with Crippen LogP contribution in [0.3, 0.4) is 0 Å². The second-order valence-electron chi connectivity index (χ2n) is 6.61. The minimum atomic E-state index is -1.44. The molecule has 0 spiro atoms. The molecule has 1 atom stereocenters. The first-order chi connectivity index (χ1) is 12.0. The third kappa shape index (κ3) is 3.73. The summed E-state index contributed by atoms with van der Waals surface area (Å²) < 4.78 is 2.09. The molecule has 1 saturated heterocycles. The van der Waals surface area contributed by atoms with Gasteiger partial charge in [0.25, 0.3) is 5.91 Å². The summed E-state index contributed by atoms with van der Waals surface area (Å²) in [6, 6.07) is 13.8. The number of hydrogen-bond donors (Lipinski definition) is 2. The van der Waals surface area contributed by atoms with Crippen molar-refractivity contribution >= 4 is 5.91 Å². The van der Waals surface area contributed by atoms with Crippen LogP contribution in [0.2, 0.25) is 0 Å². The molecule has 6 nitrogen and oxygen atoms in total. The van der Waals surface area contributed by atoms with Crippen LogP contribution < -0.4 is 5.73 Å². The summed E-state index contributed by atoms with van der Waals surface area (Å²) in [5, 5.41) is 19.6. The zero-order valence-corrected chi connectivity index (χ0v) is 14.1. The van der Waals surface area contributed by atoms with E-state index in [4.69, 9.17) is 5.73 Å². The van der Waals surface area contributed by atoms with Crippen LogP contribution in [0, 0.1) is 11.3 Å². The van der Waals surface area contributed by atoms with E-state index in [0.717, 1.165) is 24.2 Å². The molecule has 130 valence electrons. The lowest BCUT2D eigenvalue weighted by Crippen LogP contribution is -2.55. The number of aromatic nitrogens is 1. The molecule has 1 aliphatic heterocycles. The summed E-state index contributed by atoms with van der Waals surface area (Å²) in [5.74, 6) is -0.657. The minimum absolute atomic E-state index is 0.252. The van der Waals surface area contributed by atoms with Crippen LogP contribution in [-0.4, -0.2) is 39.2 Å². The summed E-state index contributed by atoms with van der Waals surface area (Å²) in [5.41, 5.74) is 6.62. The maximum absolute atomic E-state index is 11.5. The van der Waals surface area contributed by atoms with Crippen LogP contribution in [0.5, 0.6) is 0 Å². The fraction of sp³-hybridized carbons (Fsp3) is 0.368. The average Bonchev–Trinajstić information content (AvgIpc) is 3.02. The van der Waals surface area contributed by atoms with Crippen molar-refractivity contribution in [1.82, 2.24) is 9.47 Å². The highest BCUT2D eigenvalue weighted by atomic mass is 16.3. The molecule has 1 aromatic heterocycles. The zero-order valence-electron chi connectivity index (χ0n) is 14.1. The van der Waals surface area contributed by atoms with Crippen molar-refractivity contribution in [1.29, 1.82) is 5.26 Å². The molecule has 2 heterocycles. The first-order valence-electron chi connectivity index (χ1n) is 8.38. The predicted molar refractivity (Wildman–Crippen MR) is 93.3 cm³/mol. The molecule has 0 aliphatic carbocycles. The van der Waals surface area contributed by atoms with Crippen molar-refractivity contribution < 1.29 is 9.90 Å². The molecule has 3 N–H and O–H groups in total. The third-order valence-corrected chi connectivity index (χ3v) is 4.80. The number of likely N-dealkylation sites (tertiary alicyclic amines) is 1. The molecule has 1 amide bonds. The Morgan fingerprint density at radius 3 is 2.84 bits per heavy atom. The third-order valence-electron chi connectivity index (χ3n) is 4.80.